The van der Waals surface area contributed by atoms with Crippen LogP contribution in [0.15, 0.2) is 42.1 Å². The zero-order chi connectivity index (χ0) is 13.0. The van der Waals surface area contributed by atoms with Crippen molar-refractivity contribution in [1.29, 1.82) is 0 Å². The molecular weight excluding hydrogens is 226 g/mol. The molecule has 1 aromatic carbocycles. The Kier molecular flexibility index (Phi) is 4.03. The number of carbonyl (C=O) groups excluding carboxylic acids is 1. The molecule has 0 aromatic heterocycles. The fourth-order valence-corrected chi connectivity index (χ4v) is 2.02. The highest BCUT2D eigenvalue weighted by molar-refractivity contribution is 5.85. The Bertz CT molecular complexity index is 439. The van der Waals surface area contributed by atoms with Crippen molar-refractivity contribution in [3.8, 4) is 0 Å². The van der Waals surface area contributed by atoms with Crippen LogP contribution >= 0.6 is 0 Å². The predicted molar refractivity (Wildman–Crippen MR) is 70.7 cm³/mol. The van der Waals surface area contributed by atoms with Crippen molar-refractivity contribution in [3.05, 3.63) is 47.7 Å². The molecule has 0 saturated heterocycles. The molecule has 1 aliphatic rings. The molecule has 1 aromatic rings. The van der Waals surface area contributed by atoms with Crippen LogP contribution in [-0.4, -0.2) is 12.1 Å². The van der Waals surface area contributed by atoms with E-state index in [9.17, 15) is 4.79 Å². The summed E-state index contributed by atoms with van der Waals surface area (Å²) >= 11 is 0. The lowest BCUT2D eigenvalue weighted by Gasteiger charge is -2.21. The van der Waals surface area contributed by atoms with Crippen molar-refractivity contribution in [2.75, 3.05) is 0 Å². The first-order valence-electron chi connectivity index (χ1n) is 6.40. The number of hydrogen-bond donors (Lipinski definition) is 1. The van der Waals surface area contributed by atoms with E-state index in [2.05, 4.69) is 31.3 Å². The summed E-state index contributed by atoms with van der Waals surface area (Å²) < 4.78 is 5.32. The molecule has 0 aliphatic carbocycles. The first kappa shape index (κ1) is 12.7. The van der Waals surface area contributed by atoms with Crippen LogP contribution in [0, 0.1) is 5.92 Å². The topological polar surface area (TPSA) is 38.3 Å². The minimum atomic E-state index is -0.240. The van der Waals surface area contributed by atoms with Crippen LogP contribution < -0.4 is 5.32 Å². The first-order valence-corrected chi connectivity index (χ1v) is 6.40. The highest BCUT2D eigenvalue weighted by Gasteiger charge is 2.29. The maximum atomic E-state index is 11.4. The number of hydrogen-bond acceptors (Lipinski definition) is 3. The lowest BCUT2D eigenvalue weighted by molar-refractivity contribution is -0.140. The minimum absolute atomic E-state index is 0.119. The molecule has 0 unspecified atom stereocenters. The zero-order valence-corrected chi connectivity index (χ0v) is 10.8. The fraction of sp³-hybridized carbons (Fsp3) is 0.400. The van der Waals surface area contributed by atoms with Gasteiger partial charge in [-0.25, -0.2) is 4.79 Å². The molecule has 3 heteroatoms. The molecule has 0 radical (unpaired) electrons. The number of benzene rings is 1. The average molecular weight is 245 g/mol. The second-order valence-electron chi connectivity index (χ2n) is 4.68. The van der Waals surface area contributed by atoms with Gasteiger partial charge in [0.05, 0.1) is 5.70 Å². The summed E-state index contributed by atoms with van der Waals surface area (Å²) in [7, 11) is 0. The van der Waals surface area contributed by atoms with Gasteiger partial charge in [0.1, 0.15) is 6.10 Å². The van der Waals surface area contributed by atoms with Crippen LogP contribution in [0.5, 0.6) is 0 Å². The third-order valence-corrected chi connectivity index (χ3v) is 3.32. The molecule has 2 atom stereocenters. The summed E-state index contributed by atoms with van der Waals surface area (Å²) in [4.78, 5) is 11.4. The third-order valence-electron chi connectivity index (χ3n) is 3.32. The number of carbonyl (C=O) groups is 1. The summed E-state index contributed by atoms with van der Waals surface area (Å²) in [6.07, 6.45) is 2.44. The molecule has 3 nitrogen and oxygen atoms in total. The molecule has 0 fully saturated rings. The molecular formula is C15H19NO2. The van der Waals surface area contributed by atoms with Gasteiger partial charge < -0.3 is 10.1 Å². The lowest BCUT2D eigenvalue weighted by Crippen LogP contribution is -2.28. The molecule has 18 heavy (non-hydrogen) atoms. The van der Waals surface area contributed by atoms with Gasteiger partial charge in [0.25, 0.3) is 0 Å². The van der Waals surface area contributed by atoms with Gasteiger partial charge in [-0.2, -0.15) is 0 Å². The normalized spacial score (nSPS) is 20.2. The fourth-order valence-electron chi connectivity index (χ4n) is 2.02. The molecule has 0 saturated carbocycles. The van der Waals surface area contributed by atoms with Crippen LogP contribution in [0.1, 0.15) is 25.8 Å². The van der Waals surface area contributed by atoms with Gasteiger partial charge in [-0.3, -0.25) is 0 Å². The van der Waals surface area contributed by atoms with Crippen molar-refractivity contribution in [3.63, 3.8) is 0 Å². The monoisotopic (exact) mass is 245 g/mol. The molecule has 0 spiro atoms. The SMILES string of the molecule is CC[C@@H](C)[C@H]1OC(=O)C=C1NCc1ccccc1. The number of esters is 1. The van der Waals surface area contributed by atoms with Crippen molar-refractivity contribution in [2.45, 2.75) is 32.9 Å². The van der Waals surface area contributed by atoms with Crippen LogP contribution in [0.4, 0.5) is 0 Å². The van der Waals surface area contributed by atoms with E-state index in [1.54, 1.807) is 6.08 Å². The van der Waals surface area contributed by atoms with Gasteiger partial charge >= 0.3 is 5.97 Å². The molecule has 0 bridgehead atoms. The highest BCUT2D eigenvalue weighted by atomic mass is 16.5. The van der Waals surface area contributed by atoms with Crippen molar-refractivity contribution in [2.24, 2.45) is 5.92 Å². The van der Waals surface area contributed by atoms with Crippen LogP contribution in [-0.2, 0) is 16.1 Å². The lowest BCUT2D eigenvalue weighted by atomic mass is 9.99. The van der Waals surface area contributed by atoms with E-state index >= 15 is 0 Å². The predicted octanol–water partition coefficient (Wildman–Crippen LogP) is 2.63. The Hall–Kier alpha value is -1.77. The largest absolute Gasteiger partial charge is 0.452 e. The smallest absolute Gasteiger partial charge is 0.333 e. The molecule has 0 amide bonds. The summed E-state index contributed by atoms with van der Waals surface area (Å²) in [5, 5.41) is 3.31. The summed E-state index contributed by atoms with van der Waals surface area (Å²) in [6.45, 7) is 4.92. The van der Waals surface area contributed by atoms with Gasteiger partial charge in [-0.1, -0.05) is 44.2 Å². The summed E-state index contributed by atoms with van der Waals surface area (Å²) in [6, 6.07) is 10.1. The summed E-state index contributed by atoms with van der Waals surface area (Å²) in [5.74, 6) is 0.0989. The number of ether oxygens (including phenoxy) is 1. The number of nitrogens with one attached hydrogen (secondary N) is 1. The molecule has 2 rings (SSSR count). The van der Waals surface area contributed by atoms with Gasteiger partial charge in [-0.15, -0.1) is 0 Å². The number of cyclic esters (lactones) is 1. The Balaban J connectivity index is 1.99. The Morgan fingerprint density at radius 1 is 1.33 bits per heavy atom. The average Bonchev–Trinajstić information content (AvgIpc) is 2.78. The van der Waals surface area contributed by atoms with E-state index in [1.165, 1.54) is 5.56 Å². The van der Waals surface area contributed by atoms with Gasteiger partial charge in [0.2, 0.25) is 0 Å². The first-order chi connectivity index (χ1) is 8.70. The molecule has 1 N–H and O–H groups in total. The van der Waals surface area contributed by atoms with Crippen LogP contribution in [0.25, 0.3) is 0 Å². The maximum absolute atomic E-state index is 11.4. The van der Waals surface area contributed by atoms with E-state index in [0.717, 1.165) is 18.7 Å². The van der Waals surface area contributed by atoms with Crippen molar-refractivity contribution < 1.29 is 9.53 Å². The zero-order valence-electron chi connectivity index (χ0n) is 10.8. The van der Waals surface area contributed by atoms with Crippen LogP contribution in [0.2, 0.25) is 0 Å². The quantitative estimate of drug-likeness (QED) is 0.810. The van der Waals surface area contributed by atoms with Crippen LogP contribution in [0.3, 0.4) is 0 Å². The Labute approximate surface area is 108 Å². The molecule has 1 aliphatic heterocycles. The van der Waals surface area contributed by atoms with Gasteiger partial charge in [0.15, 0.2) is 0 Å². The third kappa shape index (κ3) is 2.92. The van der Waals surface area contributed by atoms with Gasteiger partial charge in [-0.05, 0) is 17.9 Å². The maximum Gasteiger partial charge on any atom is 0.333 e. The summed E-state index contributed by atoms with van der Waals surface area (Å²) in [5.41, 5.74) is 2.10. The van der Waals surface area contributed by atoms with Crippen molar-refractivity contribution >= 4 is 5.97 Å². The van der Waals surface area contributed by atoms with Gasteiger partial charge in [0, 0.05) is 12.6 Å². The second kappa shape index (κ2) is 5.71. The standard InChI is InChI=1S/C15H19NO2/c1-3-11(2)15-13(9-14(17)18-15)16-10-12-7-5-4-6-8-12/h4-9,11,15-16H,3,10H2,1-2H3/t11-,15-/m1/s1. The molecule has 1 heterocycles. The number of rotatable bonds is 5. The van der Waals surface area contributed by atoms with E-state index in [0.29, 0.717) is 5.92 Å². The van der Waals surface area contributed by atoms with E-state index in [-0.39, 0.29) is 12.1 Å². The molecule has 96 valence electrons. The minimum Gasteiger partial charge on any atom is -0.452 e. The highest BCUT2D eigenvalue weighted by Crippen LogP contribution is 2.23. The van der Waals surface area contributed by atoms with E-state index in [1.807, 2.05) is 18.2 Å². The Morgan fingerprint density at radius 3 is 2.72 bits per heavy atom. The van der Waals surface area contributed by atoms with Crippen molar-refractivity contribution in [1.82, 2.24) is 5.32 Å². The van der Waals surface area contributed by atoms with E-state index < -0.39 is 0 Å². The Morgan fingerprint density at radius 2 is 2.06 bits per heavy atom. The second-order valence-corrected chi connectivity index (χ2v) is 4.68. The van der Waals surface area contributed by atoms with E-state index in [4.69, 9.17) is 4.74 Å².